The summed E-state index contributed by atoms with van der Waals surface area (Å²) in [7, 11) is 0. The predicted octanol–water partition coefficient (Wildman–Crippen LogP) is 2.74. The molecule has 2 rings (SSSR count). The molecule has 1 amide bonds. The third-order valence-electron chi connectivity index (χ3n) is 2.82. The zero-order valence-electron chi connectivity index (χ0n) is 11.5. The highest BCUT2D eigenvalue weighted by molar-refractivity contribution is 6.03. The molecule has 1 N–H and O–H groups in total. The fourth-order valence-corrected chi connectivity index (χ4v) is 1.84. The molecule has 0 radical (unpaired) electrons. The van der Waals surface area contributed by atoms with E-state index in [1.165, 1.54) is 6.92 Å². The Morgan fingerprint density at radius 3 is 2.50 bits per heavy atom. The largest absolute Gasteiger partial charge is 0.435 e. The van der Waals surface area contributed by atoms with E-state index in [1.807, 2.05) is 0 Å². The van der Waals surface area contributed by atoms with Gasteiger partial charge < -0.3 is 5.32 Å². The van der Waals surface area contributed by atoms with Crippen LogP contribution in [0.2, 0.25) is 0 Å². The van der Waals surface area contributed by atoms with Gasteiger partial charge in [0.15, 0.2) is 11.5 Å². The molecule has 0 bridgehead atoms. The summed E-state index contributed by atoms with van der Waals surface area (Å²) in [5, 5.41) is 5.77. The molecule has 0 saturated carbocycles. The number of para-hydroxylation sites is 1. The maximum atomic E-state index is 12.4. The van der Waals surface area contributed by atoms with Gasteiger partial charge in [0.2, 0.25) is 5.91 Å². The Labute approximate surface area is 123 Å². The summed E-state index contributed by atoms with van der Waals surface area (Å²) in [6.45, 7) is 0.969. The van der Waals surface area contributed by atoms with Crippen LogP contribution in [-0.4, -0.2) is 21.5 Å². The molecular weight excluding hydrogens is 299 g/mol. The van der Waals surface area contributed by atoms with Crippen LogP contribution in [0.25, 0.3) is 0 Å². The Kier molecular flexibility index (Phi) is 4.30. The van der Waals surface area contributed by atoms with Gasteiger partial charge in [-0.2, -0.15) is 18.3 Å². The minimum absolute atomic E-state index is 0.227. The second-order valence-electron chi connectivity index (χ2n) is 4.55. The van der Waals surface area contributed by atoms with Crippen molar-refractivity contribution in [2.45, 2.75) is 19.6 Å². The number of anilines is 1. The Bertz CT molecular complexity index is 707. The minimum Gasteiger partial charge on any atom is -0.324 e. The van der Waals surface area contributed by atoms with Crippen molar-refractivity contribution in [3.8, 4) is 0 Å². The van der Waals surface area contributed by atoms with E-state index in [2.05, 4.69) is 10.4 Å². The molecule has 2 aromatic rings. The fraction of sp³-hybridized carbons (Fsp3) is 0.214. The Hall–Kier alpha value is -2.64. The second kappa shape index (κ2) is 6.00. The third kappa shape index (κ3) is 3.72. The normalized spacial score (nSPS) is 11.3. The Morgan fingerprint density at radius 2 is 1.91 bits per heavy atom. The second-order valence-corrected chi connectivity index (χ2v) is 4.55. The van der Waals surface area contributed by atoms with Gasteiger partial charge in [0.1, 0.15) is 6.54 Å². The zero-order chi connectivity index (χ0) is 16.3. The molecule has 1 aromatic carbocycles. The lowest BCUT2D eigenvalue weighted by Gasteiger charge is -2.09. The van der Waals surface area contributed by atoms with Crippen LogP contribution in [-0.2, 0) is 17.5 Å². The van der Waals surface area contributed by atoms with Gasteiger partial charge in [-0.1, -0.05) is 12.1 Å². The van der Waals surface area contributed by atoms with Gasteiger partial charge >= 0.3 is 6.18 Å². The molecule has 5 nitrogen and oxygen atoms in total. The van der Waals surface area contributed by atoms with Crippen LogP contribution >= 0.6 is 0 Å². The van der Waals surface area contributed by atoms with E-state index in [9.17, 15) is 22.8 Å². The van der Waals surface area contributed by atoms with Crippen LogP contribution in [0, 0.1) is 0 Å². The van der Waals surface area contributed by atoms with Crippen molar-refractivity contribution in [2.24, 2.45) is 0 Å². The lowest BCUT2D eigenvalue weighted by atomic mass is 10.1. The van der Waals surface area contributed by atoms with Crippen LogP contribution in [0.4, 0.5) is 18.9 Å². The van der Waals surface area contributed by atoms with E-state index in [1.54, 1.807) is 24.3 Å². The first-order valence-electron chi connectivity index (χ1n) is 6.28. The number of carbonyl (C=O) groups excluding carboxylic acids is 2. The van der Waals surface area contributed by atoms with Crippen molar-refractivity contribution in [3.05, 3.63) is 47.8 Å². The highest BCUT2D eigenvalue weighted by Crippen LogP contribution is 2.27. The van der Waals surface area contributed by atoms with Gasteiger partial charge in [0.05, 0.1) is 5.69 Å². The van der Waals surface area contributed by atoms with Crippen molar-refractivity contribution in [1.29, 1.82) is 0 Å². The average molecular weight is 311 g/mol. The number of Topliss-reactive ketones (excluding diaryl/α,β-unsaturated/α-hetero) is 1. The Morgan fingerprint density at radius 1 is 1.23 bits per heavy atom. The first kappa shape index (κ1) is 15.7. The molecule has 0 aliphatic rings. The lowest BCUT2D eigenvalue weighted by Crippen LogP contribution is -2.20. The number of benzene rings is 1. The predicted molar refractivity (Wildman–Crippen MR) is 72.3 cm³/mol. The van der Waals surface area contributed by atoms with Gasteiger partial charge in [0.25, 0.3) is 0 Å². The quantitative estimate of drug-likeness (QED) is 0.883. The standard InChI is InChI=1S/C14H12F3N3O2/c1-9(21)10-4-2-3-5-11(10)18-13(22)8-20-7-6-12(19-20)14(15,16)17/h2-7H,8H2,1H3,(H,18,22). The number of hydrogen-bond donors (Lipinski definition) is 1. The van der Waals surface area contributed by atoms with Crippen LogP contribution in [0.3, 0.4) is 0 Å². The van der Waals surface area contributed by atoms with E-state index in [-0.39, 0.29) is 12.3 Å². The molecule has 0 spiro atoms. The molecule has 22 heavy (non-hydrogen) atoms. The van der Waals surface area contributed by atoms with Crippen molar-refractivity contribution in [3.63, 3.8) is 0 Å². The SMILES string of the molecule is CC(=O)c1ccccc1NC(=O)Cn1ccc(C(F)(F)F)n1. The first-order chi connectivity index (χ1) is 10.3. The molecule has 0 atom stereocenters. The monoisotopic (exact) mass is 311 g/mol. The molecule has 0 saturated heterocycles. The minimum atomic E-state index is -4.55. The molecule has 8 heteroatoms. The topological polar surface area (TPSA) is 64.0 Å². The third-order valence-corrected chi connectivity index (χ3v) is 2.82. The number of carbonyl (C=O) groups is 2. The highest BCUT2D eigenvalue weighted by atomic mass is 19.4. The molecule has 0 fully saturated rings. The number of aromatic nitrogens is 2. The van der Waals surface area contributed by atoms with Gasteiger partial charge in [-0.25, -0.2) is 0 Å². The van der Waals surface area contributed by atoms with Crippen LogP contribution < -0.4 is 5.32 Å². The molecular formula is C14H12F3N3O2. The van der Waals surface area contributed by atoms with E-state index in [0.29, 0.717) is 11.3 Å². The highest BCUT2D eigenvalue weighted by Gasteiger charge is 2.33. The maximum Gasteiger partial charge on any atom is 0.435 e. The summed E-state index contributed by atoms with van der Waals surface area (Å²) in [5.74, 6) is -0.806. The van der Waals surface area contributed by atoms with Gasteiger partial charge in [-0.3, -0.25) is 14.3 Å². The van der Waals surface area contributed by atoms with Crippen molar-refractivity contribution < 1.29 is 22.8 Å². The molecule has 1 aromatic heterocycles. The van der Waals surface area contributed by atoms with Gasteiger partial charge in [-0.05, 0) is 25.1 Å². The molecule has 1 heterocycles. The summed E-state index contributed by atoms with van der Waals surface area (Å²) in [5.41, 5.74) is -0.431. The molecule has 116 valence electrons. The summed E-state index contributed by atoms with van der Waals surface area (Å²) < 4.78 is 38.1. The summed E-state index contributed by atoms with van der Waals surface area (Å²) in [6.07, 6.45) is -3.48. The summed E-state index contributed by atoms with van der Waals surface area (Å²) in [4.78, 5) is 23.3. The van der Waals surface area contributed by atoms with E-state index in [4.69, 9.17) is 0 Å². The van der Waals surface area contributed by atoms with Crippen LogP contribution in [0.15, 0.2) is 36.5 Å². The van der Waals surface area contributed by atoms with Crippen LogP contribution in [0.1, 0.15) is 23.0 Å². The number of nitrogens with one attached hydrogen (secondary N) is 1. The van der Waals surface area contributed by atoms with Crippen LogP contribution in [0.5, 0.6) is 0 Å². The number of rotatable bonds is 4. The number of nitrogens with zero attached hydrogens (tertiary/aromatic N) is 2. The smallest absolute Gasteiger partial charge is 0.324 e. The summed E-state index contributed by atoms with van der Waals surface area (Å²) >= 11 is 0. The first-order valence-corrected chi connectivity index (χ1v) is 6.28. The number of ketones is 1. The molecule has 0 aliphatic heterocycles. The number of halogens is 3. The van der Waals surface area contributed by atoms with E-state index >= 15 is 0 Å². The lowest BCUT2D eigenvalue weighted by molar-refractivity contribution is -0.141. The number of amides is 1. The van der Waals surface area contributed by atoms with Crippen molar-refractivity contribution in [2.75, 3.05) is 5.32 Å². The van der Waals surface area contributed by atoms with Crippen molar-refractivity contribution in [1.82, 2.24) is 9.78 Å². The Balaban J connectivity index is 2.08. The van der Waals surface area contributed by atoms with Gasteiger partial charge in [-0.15, -0.1) is 0 Å². The van der Waals surface area contributed by atoms with E-state index < -0.39 is 17.8 Å². The summed E-state index contributed by atoms with van der Waals surface area (Å²) in [6, 6.07) is 7.16. The molecule has 0 unspecified atom stereocenters. The van der Waals surface area contributed by atoms with Crippen molar-refractivity contribution >= 4 is 17.4 Å². The number of alkyl halides is 3. The van der Waals surface area contributed by atoms with E-state index in [0.717, 1.165) is 16.9 Å². The zero-order valence-corrected chi connectivity index (χ0v) is 11.5. The fourth-order valence-electron chi connectivity index (χ4n) is 1.84. The number of hydrogen-bond acceptors (Lipinski definition) is 3. The molecule has 0 aliphatic carbocycles. The average Bonchev–Trinajstić information content (AvgIpc) is 2.87. The maximum absolute atomic E-state index is 12.4. The van der Waals surface area contributed by atoms with Gasteiger partial charge in [0, 0.05) is 11.8 Å².